The molecular formula is C22H31N5O4. The SMILES string of the molecule is NCCCCC(N)C(=O)N1CCCC1C(=O)NC(Cc1c[nH]c2ccccc12)C(=O)O. The van der Waals surface area contributed by atoms with E-state index in [2.05, 4.69) is 10.3 Å². The van der Waals surface area contributed by atoms with Gasteiger partial charge in [0.1, 0.15) is 12.1 Å². The number of aliphatic carboxylic acids is 1. The summed E-state index contributed by atoms with van der Waals surface area (Å²) >= 11 is 0. The van der Waals surface area contributed by atoms with E-state index in [0.29, 0.717) is 32.4 Å². The van der Waals surface area contributed by atoms with Gasteiger partial charge in [0.25, 0.3) is 0 Å². The summed E-state index contributed by atoms with van der Waals surface area (Å²) in [5.41, 5.74) is 13.2. The molecular weight excluding hydrogens is 398 g/mol. The maximum atomic E-state index is 12.9. The highest BCUT2D eigenvalue weighted by Crippen LogP contribution is 2.21. The van der Waals surface area contributed by atoms with E-state index in [1.165, 1.54) is 4.90 Å². The smallest absolute Gasteiger partial charge is 0.326 e. The number of rotatable bonds is 10. The monoisotopic (exact) mass is 429 g/mol. The Kier molecular flexibility index (Phi) is 7.64. The van der Waals surface area contributed by atoms with Crippen LogP contribution >= 0.6 is 0 Å². The van der Waals surface area contributed by atoms with Gasteiger partial charge in [-0.15, -0.1) is 0 Å². The minimum atomic E-state index is -1.12. The van der Waals surface area contributed by atoms with Crippen molar-refractivity contribution < 1.29 is 19.5 Å². The fraction of sp³-hybridized carbons (Fsp3) is 0.500. The second kappa shape index (κ2) is 10.4. The van der Waals surface area contributed by atoms with Crippen LogP contribution in [0.3, 0.4) is 0 Å². The van der Waals surface area contributed by atoms with Crippen LogP contribution in [-0.4, -0.2) is 64.0 Å². The number of aromatic amines is 1. The van der Waals surface area contributed by atoms with Crippen molar-refractivity contribution in [2.24, 2.45) is 11.5 Å². The number of amides is 2. The summed E-state index contributed by atoms with van der Waals surface area (Å²) in [7, 11) is 0. The topological polar surface area (TPSA) is 155 Å². The number of likely N-dealkylation sites (tertiary alicyclic amines) is 1. The average molecular weight is 430 g/mol. The van der Waals surface area contributed by atoms with E-state index in [9.17, 15) is 19.5 Å². The number of H-pyrrole nitrogens is 1. The zero-order valence-electron chi connectivity index (χ0n) is 17.5. The summed E-state index contributed by atoms with van der Waals surface area (Å²) < 4.78 is 0. The van der Waals surface area contributed by atoms with Crippen LogP contribution in [0.1, 0.15) is 37.7 Å². The molecule has 1 aliphatic rings. The molecule has 0 spiro atoms. The number of aromatic nitrogens is 1. The summed E-state index contributed by atoms with van der Waals surface area (Å²) in [6.07, 6.45) is 5.13. The molecule has 9 heteroatoms. The second-order valence-corrected chi connectivity index (χ2v) is 8.04. The highest BCUT2D eigenvalue weighted by molar-refractivity contribution is 5.92. The molecule has 0 bridgehead atoms. The van der Waals surface area contributed by atoms with Crippen molar-refractivity contribution in [3.05, 3.63) is 36.0 Å². The summed E-state index contributed by atoms with van der Waals surface area (Å²) in [6.45, 7) is 0.990. The lowest BCUT2D eigenvalue weighted by Gasteiger charge is -2.27. The van der Waals surface area contributed by atoms with Crippen molar-refractivity contribution in [2.45, 2.75) is 56.7 Å². The lowest BCUT2D eigenvalue weighted by atomic mass is 10.0. The van der Waals surface area contributed by atoms with E-state index in [0.717, 1.165) is 29.3 Å². The standard InChI is InChI=1S/C22H31N5O4/c23-10-4-3-7-16(24)21(29)27-11-5-9-19(27)20(28)26-18(22(30)31)12-14-13-25-17-8-2-1-6-15(14)17/h1-2,6,8,13,16,18-19,25H,3-5,7,9-12,23-24H2,(H,26,28)(H,30,31). The van der Waals surface area contributed by atoms with Gasteiger partial charge in [0.2, 0.25) is 11.8 Å². The molecule has 3 rings (SSSR count). The third-order valence-corrected chi connectivity index (χ3v) is 5.84. The van der Waals surface area contributed by atoms with E-state index >= 15 is 0 Å². The molecule has 1 aromatic carbocycles. The van der Waals surface area contributed by atoms with Gasteiger partial charge in [-0.2, -0.15) is 0 Å². The first-order valence-corrected chi connectivity index (χ1v) is 10.8. The molecule has 0 radical (unpaired) electrons. The van der Waals surface area contributed by atoms with Gasteiger partial charge < -0.3 is 31.8 Å². The lowest BCUT2D eigenvalue weighted by molar-refractivity contribution is -0.144. The van der Waals surface area contributed by atoms with Crippen molar-refractivity contribution >= 4 is 28.7 Å². The number of hydrogen-bond acceptors (Lipinski definition) is 5. The van der Waals surface area contributed by atoms with Gasteiger partial charge in [-0.25, -0.2) is 4.79 Å². The van der Waals surface area contributed by atoms with Gasteiger partial charge in [-0.05, 0) is 43.9 Å². The molecule has 31 heavy (non-hydrogen) atoms. The molecule has 0 aliphatic carbocycles. The number of carbonyl (C=O) groups is 3. The predicted molar refractivity (Wildman–Crippen MR) is 117 cm³/mol. The van der Waals surface area contributed by atoms with Crippen molar-refractivity contribution in [3.8, 4) is 0 Å². The molecule has 1 aliphatic heterocycles. The van der Waals surface area contributed by atoms with E-state index in [4.69, 9.17) is 11.5 Å². The molecule has 2 heterocycles. The number of carboxylic acids is 1. The number of para-hydroxylation sites is 1. The first-order valence-electron chi connectivity index (χ1n) is 10.8. The minimum absolute atomic E-state index is 0.143. The Hall–Kier alpha value is -2.91. The van der Waals surface area contributed by atoms with Crippen LogP contribution in [0.2, 0.25) is 0 Å². The number of hydrogen-bond donors (Lipinski definition) is 5. The summed E-state index contributed by atoms with van der Waals surface area (Å²) in [4.78, 5) is 42.1. The van der Waals surface area contributed by atoms with Crippen LogP contribution in [0.15, 0.2) is 30.5 Å². The number of fused-ring (bicyclic) bond motifs is 1. The third-order valence-electron chi connectivity index (χ3n) is 5.84. The molecule has 1 saturated heterocycles. The Labute approximate surface area is 181 Å². The van der Waals surface area contributed by atoms with Crippen LogP contribution in [0.4, 0.5) is 0 Å². The highest BCUT2D eigenvalue weighted by Gasteiger charge is 2.37. The second-order valence-electron chi connectivity index (χ2n) is 8.04. The van der Waals surface area contributed by atoms with Gasteiger partial charge in [0.15, 0.2) is 0 Å². The Morgan fingerprint density at radius 1 is 1.26 bits per heavy atom. The first kappa shape index (κ1) is 22.8. The molecule has 1 aromatic heterocycles. The van der Waals surface area contributed by atoms with E-state index in [1.807, 2.05) is 24.3 Å². The van der Waals surface area contributed by atoms with Crippen LogP contribution in [-0.2, 0) is 20.8 Å². The maximum absolute atomic E-state index is 12.9. The van der Waals surface area contributed by atoms with Gasteiger partial charge in [0.05, 0.1) is 6.04 Å². The Bertz CT molecular complexity index is 928. The number of unbranched alkanes of at least 4 members (excludes halogenated alkanes) is 1. The predicted octanol–water partition coefficient (Wildman–Crippen LogP) is 0.727. The molecule has 1 fully saturated rings. The molecule has 3 atom stereocenters. The van der Waals surface area contributed by atoms with Crippen LogP contribution in [0.25, 0.3) is 10.9 Å². The van der Waals surface area contributed by atoms with E-state index < -0.39 is 30.0 Å². The third kappa shape index (κ3) is 5.42. The zero-order valence-corrected chi connectivity index (χ0v) is 17.5. The van der Waals surface area contributed by atoms with Gasteiger partial charge in [-0.3, -0.25) is 9.59 Å². The van der Waals surface area contributed by atoms with Gasteiger partial charge >= 0.3 is 5.97 Å². The molecule has 2 amide bonds. The molecule has 2 aromatic rings. The van der Waals surface area contributed by atoms with Crippen LogP contribution in [0, 0.1) is 0 Å². The number of carbonyl (C=O) groups excluding carboxylic acids is 2. The summed E-state index contributed by atoms with van der Waals surface area (Å²) in [5, 5.41) is 13.2. The number of nitrogens with zero attached hydrogens (tertiary/aromatic N) is 1. The quantitative estimate of drug-likeness (QED) is 0.351. The van der Waals surface area contributed by atoms with Crippen molar-refractivity contribution in [2.75, 3.05) is 13.1 Å². The Balaban J connectivity index is 1.65. The van der Waals surface area contributed by atoms with Crippen molar-refractivity contribution in [3.63, 3.8) is 0 Å². The lowest BCUT2D eigenvalue weighted by Crippen LogP contribution is -2.54. The fourth-order valence-electron chi connectivity index (χ4n) is 4.14. The maximum Gasteiger partial charge on any atom is 0.326 e. The summed E-state index contributed by atoms with van der Waals surface area (Å²) in [6, 6.07) is 5.12. The molecule has 9 nitrogen and oxygen atoms in total. The molecule has 168 valence electrons. The number of benzene rings is 1. The van der Waals surface area contributed by atoms with Gasteiger partial charge in [0, 0.05) is 30.1 Å². The van der Waals surface area contributed by atoms with Crippen LogP contribution < -0.4 is 16.8 Å². The van der Waals surface area contributed by atoms with Crippen LogP contribution in [0.5, 0.6) is 0 Å². The average Bonchev–Trinajstić information content (AvgIpc) is 3.40. The minimum Gasteiger partial charge on any atom is -0.480 e. The molecule has 7 N–H and O–H groups in total. The van der Waals surface area contributed by atoms with Gasteiger partial charge in [-0.1, -0.05) is 24.6 Å². The normalized spacial score (nSPS) is 18.1. The number of nitrogens with one attached hydrogen (secondary N) is 2. The molecule has 3 unspecified atom stereocenters. The molecule has 0 saturated carbocycles. The van der Waals surface area contributed by atoms with Crippen molar-refractivity contribution in [1.82, 2.24) is 15.2 Å². The number of nitrogens with two attached hydrogens (primary N) is 2. The zero-order chi connectivity index (χ0) is 22.4. The largest absolute Gasteiger partial charge is 0.480 e. The Morgan fingerprint density at radius 3 is 2.77 bits per heavy atom. The van der Waals surface area contributed by atoms with E-state index in [1.54, 1.807) is 6.20 Å². The fourth-order valence-corrected chi connectivity index (χ4v) is 4.14. The Morgan fingerprint density at radius 2 is 2.03 bits per heavy atom. The van der Waals surface area contributed by atoms with Crippen molar-refractivity contribution in [1.29, 1.82) is 0 Å². The first-order chi connectivity index (χ1) is 14.9. The van der Waals surface area contributed by atoms with E-state index in [-0.39, 0.29) is 12.3 Å². The number of carboxylic acid groups (broad SMARTS) is 1. The highest BCUT2D eigenvalue weighted by atomic mass is 16.4. The summed E-state index contributed by atoms with van der Waals surface area (Å²) in [5.74, 6) is -1.83.